The smallest absolute Gasteiger partial charge is 0.125 e. The molecule has 88 valence electrons. The van der Waals surface area contributed by atoms with Crippen LogP contribution in [0.15, 0.2) is 18.2 Å². The number of aliphatic hydroxyl groups is 1. The van der Waals surface area contributed by atoms with Gasteiger partial charge in [0.2, 0.25) is 0 Å². The monoisotopic (exact) mass is 223 g/mol. The average Bonchev–Trinajstić information content (AvgIpc) is 2.23. The normalized spacial score (nSPS) is 27.3. The summed E-state index contributed by atoms with van der Waals surface area (Å²) in [5, 5.41) is 12.9. The first-order chi connectivity index (χ1) is 7.41. The van der Waals surface area contributed by atoms with E-state index >= 15 is 0 Å². The van der Waals surface area contributed by atoms with Gasteiger partial charge in [-0.2, -0.15) is 0 Å². The highest BCUT2D eigenvalue weighted by molar-refractivity contribution is 5.52. The van der Waals surface area contributed by atoms with Gasteiger partial charge in [0.1, 0.15) is 5.82 Å². The molecule has 1 fully saturated rings. The summed E-state index contributed by atoms with van der Waals surface area (Å²) in [4.78, 5) is 0. The number of anilines is 1. The molecule has 0 amide bonds. The third kappa shape index (κ3) is 1.80. The standard InChI is InChI=1S/C13H18FNO/c1-8-4-5-9(14)6-10(8)15-11-7-12(16)13(11,2)3/h4-6,11-12,15-16H,7H2,1-3H3. The summed E-state index contributed by atoms with van der Waals surface area (Å²) in [5.74, 6) is -0.231. The van der Waals surface area contributed by atoms with E-state index in [-0.39, 0.29) is 23.4 Å². The van der Waals surface area contributed by atoms with Crippen molar-refractivity contribution in [1.29, 1.82) is 0 Å². The lowest BCUT2D eigenvalue weighted by molar-refractivity contribution is -0.0510. The molecular formula is C13H18FNO. The van der Waals surface area contributed by atoms with E-state index in [1.165, 1.54) is 12.1 Å². The van der Waals surface area contributed by atoms with Gasteiger partial charge < -0.3 is 10.4 Å². The lowest BCUT2D eigenvalue weighted by Crippen LogP contribution is -2.56. The molecule has 2 rings (SSSR count). The van der Waals surface area contributed by atoms with Crippen molar-refractivity contribution in [2.45, 2.75) is 39.3 Å². The summed E-state index contributed by atoms with van der Waals surface area (Å²) in [6.45, 7) is 5.99. The zero-order valence-corrected chi connectivity index (χ0v) is 9.92. The van der Waals surface area contributed by atoms with Crippen molar-refractivity contribution < 1.29 is 9.50 Å². The van der Waals surface area contributed by atoms with E-state index in [9.17, 15) is 9.50 Å². The van der Waals surface area contributed by atoms with E-state index < -0.39 is 0 Å². The van der Waals surface area contributed by atoms with Crippen molar-refractivity contribution in [2.24, 2.45) is 5.41 Å². The third-order valence-electron chi connectivity index (χ3n) is 3.75. The summed E-state index contributed by atoms with van der Waals surface area (Å²) in [5.41, 5.74) is 1.71. The van der Waals surface area contributed by atoms with Gasteiger partial charge in [-0.1, -0.05) is 19.9 Å². The molecule has 0 saturated heterocycles. The van der Waals surface area contributed by atoms with Crippen LogP contribution < -0.4 is 5.32 Å². The minimum absolute atomic E-state index is 0.140. The van der Waals surface area contributed by atoms with Crippen molar-refractivity contribution in [3.63, 3.8) is 0 Å². The maximum Gasteiger partial charge on any atom is 0.125 e. The SMILES string of the molecule is Cc1ccc(F)cc1NC1CC(O)C1(C)C. The molecule has 2 nitrogen and oxygen atoms in total. The maximum atomic E-state index is 13.1. The number of aryl methyl sites for hydroxylation is 1. The van der Waals surface area contributed by atoms with Gasteiger partial charge in [0.15, 0.2) is 0 Å². The number of hydrogen-bond donors (Lipinski definition) is 2. The van der Waals surface area contributed by atoms with Crippen LogP contribution in [0, 0.1) is 18.2 Å². The van der Waals surface area contributed by atoms with Crippen LogP contribution in [-0.2, 0) is 0 Å². The van der Waals surface area contributed by atoms with Crippen molar-refractivity contribution in [1.82, 2.24) is 0 Å². The Morgan fingerprint density at radius 1 is 1.44 bits per heavy atom. The summed E-state index contributed by atoms with van der Waals surface area (Å²) >= 11 is 0. The lowest BCUT2D eigenvalue weighted by Gasteiger charge is -2.50. The Bertz CT molecular complexity index is 403. The van der Waals surface area contributed by atoms with Crippen LogP contribution in [0.2, 0.25) is 0 Å². The van der Waals surface area contributed by atoms with Crippen molar-refractivity contribution >= 4 is 5.69 Å². The van der Waals surface area contributed by atoms with Crippen LogP contribution in [0.1, 0.15) is 25.8 Å². The fourth-order valence-electron chi connectivity index (χ4n) is 2.08. The highest BCUT2D eigenvalue weighted by Gasteiger charge is 2.47. The van der Waals surface area contributed by atoms with Gasteiger partial charge in [0.25, 0.3) is 0 Å². The van der Waals surface area contributed by atoms with Gasteiger partial charge in [-0.05, 0) is 31.0 Å². The molecule has 2 unspecified atom stereocenters. The third-order valence-corrected chi connectivity index (χ3v) is 3.75. The fourth-order valence-corrected chi connectivity index (χ4v) is 2.08. The summed E-state index contributed by atoms with van der Waals surface area (Å²) in [6.07, 6.45) is 0.460. The molecule has 0 aliphatic heterocycles. The van der Waals surface area contributed by atoms with Crippen molar-refractivity contribution in [2.75, 3.05) is 5.32 Å². The van der Waals surface area contributed by atoms with Gasteiger partial charge in [-0.3, -0.25) is 0 Å². The first kappa shape index (κ1) is 11.4. The molecule has 3 heteroatoms. The lowest BCUT2D eigenvalue weighted by atomic mass is 9.64. The number of benzene rings is 1. The highest BCUT2D eigenvalue weighted by atomic mass is 19.1. The van der Waals surface area contributed by atoms with Gasteiger partial charge in [0.05, 0.1) is 6.10 Å². The van der Waals surface area contributed by atoms with E-state index in [4.69, 9.17) is 0 Å². The quantitative estimate of drug-likeness (QED) is 0.808. The molecule has 0 aromatic heterocycles. The van der Waals surface area contributed by atoms with Gasteiger partial charge in [-0.25, -0.2) is 4.39 Å². The summed E-state index contributed by atoms with van der Waals surface area (Å²) < 4.78 is 13.1. The molecular weight excluding hydrogens is 205 g/mol. The highest BCUT2D eigenvalue weighted by Crippen LogP contribution is 2.42. The molecule has 1 aliphatic carbocycles. The van der Waals surface area contributed by atoms with Crippen LogP contribution in [0.5, 0.6) is 0 Å². The fraction of sp³-hybridized carbons (Fsp3) is 0.538. The molecule has 0 spiro atoms. The second-order valence-electron chi connectivity index (χ2n) is 5.23. The van der Waals surface area contributed by atoms with Crippen molar-refractivity contribution in [3.05, 3.63) is 29.6 Å². The predicted octanol–water partition coefficient (Wildman–Crippen LogP) is 2.71. The Kier molecular flexibility index (Phi) is 2.66. The Balaban J connectivity index is 2.13. The van der Waals surface area contributed by atoms with Crippen LogP contribution >= 0.6 is 0 Å². The average molecular weight is 223 g/mol. The Labute approximate surface area is 95.5 Å². The molecule has 1 aliphatic rings. The van der Waals surface area contributed by atoms with Crippen LogP contribution in [0.4, 0.5) is 10.1 Å². The number of aliphatic hydroxyl groups excluding tert-OH is 1. The van der Waals surface area contributed by atoms with E-state index in [2.05, 4.69) is 5.32 Å². The minimum Gasteiger partial charge on any atom is -0.392 e. The minimum atomic E-state index is -0.265. The van der Waals surface area contributed by atoms with Gasteiger partial charge in [0, 0.05) is 17.1 Å². The molecule has 1 aromatic rings. The first-order valence-corrected chi connectivity index (χ1v) is 5.62. The molecule has 2 atom stereocenters. The second kappa shape index (κ2) is 3.74. The van der Waals surface area contributed by atoms with Crippen LogP contribution in [0.3, 0.4) is 0 Å². The zero-order chi connectivity index (χ0) is 11.9. The molecule has 0 bridgehead atoms. The Morgan fingerprint density at radius 2 is 2.12 bits per heavy atom. The number of hydrogen-bond acceptors (Lipinski definition) is 2. The van der Waals surface area contributed by atoms with E-state index in [1.807, 2.05) is 20.8 Å². The van der Waals surface area contributed by atoms with Gasteiger partial charge in [-0.15, -0.1) is 0 Å². The van der Waals surface area contributed by atoms with E-state index in [1.54, 1.807) is 6.07 Å². The van der Waals surface area contributed by atoms with Crippen molar-refractivity contribution in [3.8, 4) is 0 Å². The van der Waals surface area contributed by atoms with E-state index in [0.717, 1.165) is 17.7 Å². The predicted molar refractivity (Wildman–Crippen MR) is 63.0 cm³/mol. The molecule has 1 saturated carbocycles. The second-order valence-corrected chi connectivity index (χ2v) is 5.23. The number of nitrogens with one attached hydrogen (secondary N) is 1. The summed E-state index contributed by atoms with van der Waals surface area (Å²) in [6, 6.07) is 4.94. The van der Waals surface area contributed by atoms with Crippen LogP contribution in [-0.4, -0.2) is 17.3 Å². The van der Waals surface area contributed by atoms with Crippen LogP contribution in [0.25, 0.3) is 0 Å². The number of halogens is 1. The first-order valence-electron chi connectivity index (χ1n) is 5.62. The largest absolute Gasteiger partial charge is 0.392 e. The molecule has 0 heterocycles. The zero-order valence-electron chi connectivity index (χ0n) is 9.92. The molecule has 1 aromatic carbocycles. The number of rotatable bonds is 2. The molecule has 0 radical (unpaired) electrons. The molecule has 16 heavy (non-hydrogen) atoms. The Hall–Kier alpha value is -1.09. The topological polar surface area (TPSA) is 32.3 Å². The summed E-state index contributed by atoms with van der Waals surface area (Å²) in [7, 11) is 0. The molecule has 2 N–H and O–H groups in total. The van der Waals surface area contributed by atoms with E-state index in [0.29, 0.717) is 0 Å². The maximum absolute atomic E-state index is 13.1. The Morgan fingerprint density at radius 3 is 2.69 bits per heavy atom. The van der Waals surface area contributed by atoms with Gasteiger partial charge >= 0.3 is 0 Å².